The number of ether oxygens (including phenoxy) is 2. The topological polar surface area (TPSA) is 111 Å². The molecule has 0 bridgehead atoms. The van der Waals surface area contributed by atoms with E-state index in [9.17, 15) is 19.0 Å². The molecule has 0 rings (SSSR count). The predicted molar refractivity (Wildman–Crippen MR) is 287 cm³/mol. The van der Waals surface area contributed by atoms with Gasteiger partial charge in [0.15, 0.2) is 6.10 Å². The molecule has 0 aliphatic carbocycles. The summed E-state index contributed by atoms with van der Waals surface area (Å²) in [5, 5.41) is 0. The van der Waals surface area contributed by atoms with Gasteiger partial charge in [-0.05, 0) is 38.5 Å². The third kappa shape index (κ3) is 54.1. The van der Waals surface area contributed by atoms with E-state index in [-0.39, 0.29) is 32.0 Å². The fraction of sp³-hybridized carbons (Fsp3) is 0.931. The van der Waals surface area contributed by atoms with Gasteiger partial charge in [0.2, 0.25) is 0 Å². The molecular formula is C58H114NO8P. The molecule has 2 unspecified atom stereocenters. The van der Waals surface area contributed by atoms with Crippen molar-refractivity contribution in [3.05, 3.63) is 12.2 Å². The van der Waals surface area contributed by atoms with E-state index < -0.39 is 26.5 Å². The number of phosphoric ester groups is 1. The largest absolute Gasteiger partial charge is 0.756 e. The van der Waals surface area contributed by atoms with E-state index in [4.69, 9.17) is 18.5 Å². The second kappa shape index (κ2) is 50.7. The fourth-order valence-electron chi connectivity index (χ4n) is 8.71. The van der Waals surface area contributed by atoms with Gasteiger partial charge in [0, 0.05) is 12.8 Å². The van der Waals surface area contributed by atoms with Crippen LogP contribution in [0.4, 0.5) is 0 Å². The van der Waals surface area contributed by atoms with Crippen LogP contribution in [0.1, 0.15) is 296 Å². The van der Waals surface area contributed by atoms with Crippen LogP contribution in [-0.4, -0.2) is 70.0 Å². The van der Waals surface area contributed by atoms with Crippen LogP contribution in [0, 0.1) is 0 Å². The number of rotatable bonds is 55. The van der Waals surface area contributed by atoms with Crippen molar-refractivity contribution in [1.82, 2.24) is 0 Å². The maximum atomic E-state index is 12.8. The molecule has 0 aromatic rings. The summed E-state index contributed by atoms with van der Waals surface area (Å²) >= 11 is 0. The zero-order valence-electron chi connectivity index (χ0n) is 45.8. The third-order valence-electron chi connectivity index (χ3n) is 13.3. The summed E-state index contributed by atoms with van der Waals surface area (Å²) in [6, 6.07) is 0. The molecule has 2 atom stereocenters. The molecule has 0 aliphatic heterocycles. The standard InChI is InChI=1S/C58H114NO8P/c1-6-8-10-12-14-16-18-20-22-24-26-27-28-29-30-31-33-35-37-39-41-43-45-47-49-51-58(61)67-56(55-66-68(62,63)65-53-52-59(3,4)5)54-64-57(60)50-48-46-44-42-40-38-36-34-32-25-23-21-19-17-15-13-11-9-7-2/h24,26,56H,6-23,25,27-55H2,1-5H3/b26-24-. The van der Waals surface area contributed by atoms with Crippen LogP contribution in [0.3, 0.4) is 0 Å². The third-order valence-corrected chi connectivity index (χ3v) is 14.2. The first kappa shape index (κ1) is 66.8. The van der Waals surface area contributed by atoms with Gasteiger partial charge in [-0.2, -0.15) is 0 Å². The highest BCUT2D eigenvalue weighted by atomic mass is 31.2. The van der Waals surface area contributed by atoms with Gasteiger partial charge in [-0.1, -0.05) is 257 Å². The second-order valence-corrected chi connectivity index (χ2v) is 22.8. The van der Waals surface area contributed by atoms with Gasteiger partial charge in [0.25, 0.3) is 7.82 Å². The Bertz CT molecular complexity index is 1160. The average Bonchev–Trinajstić information content (AvgIpc) is 3.30. The number of nitrogens with zero attached hydrogens (tertiary/aromatic N) is 1. The van der Waals surface area contributed by atoms with Crippen molar-refractivity contribution < 1.29 is 42.1 Å². The van der Waals surface area contributed by atoms with Crippen LogP contribution < -0.4 is 4.89 Å². The summed E-state index contributed by atoms with van der Waals surface area (Å²) in [5.74, 6) is -0.814. The predicted octanol–water partition coefficient (Wildman–Crippen LogP) is 17.4. The number of unbranched alkanes of at least 4 members (excludes halogenated alkanes) is 39. The Hall–Kier alpha value is -1.25. The van der Waals surface area contributed by atoms with Crippen molar-refractivity contribution in [1.29, 1.82) is 0 Å². The summed E-state index contributed by atoms with van der Waals surface area (Å²) in [5.41, 5.74) is 0. The molecule has 9 nitrogen and oxygen atoms in total. The SMILES string of the molecule is CCCCCCCCCC/C=C\CCCCCCCCCCCCCCCC(=O)OC(COC(=O)CCCCCCCCCCCCCCCCCCCCC)COP(=O)([O-])OCC[N+](C)(C)C. The first-order valence-electron chi connectivity index (χ1n) is 29.4. The lowest BCUT2D eigenvalue weighted by atomic mass is 10.0. The van der Waals surface area contributed by atoms with E-state index in [1.807, 2.05) is 21.1 Å². The Balaban J connectivity index is 4.11. The monoisotopic (exact) mass is 984 g/mol. The lowest BCUT2D eigenvalue weighted by Crippen LogP contribution is -2.37. The Kier molecular flexibility index (Phi) is 49.8. The van der Waals surface area contributed by atoms with Crippen molar-refractivity contribution in [3.63, 3.8) is 0 Å². The molecule has 0 spiro atoms. The van der Waals surface area contributed by atoms with Crippen LogP contribution in [0.2, 0.25) is 0 Å². The highest BCUT2D eigenvalue weighted by Crippen LogP contribution is 2.38. The quantitative estimate of drug-likeness (QED) is 0.0195. The minimum atomic E-state index is -4.63. The average molecular weight is 985 g/mol. The van der Waals surface area contributed by atoms with Crippen LogP contribution in [0.25, 0.3) is 0 Å². The van der Waals surface area contributed by atoms with Crippen molar-refractivity contribution in [2.45, 2.75) is 302 Å². The summed E-state index contributed by atoms with van der Waals surface area (Å²) in [6.45, 7) is 4.30. The highest BCUT2D eigenvalue weighted by Gasteiger charge is 2.22. The number of carbonyl (C=O) groups is 2. The van der Waals surface area contributed by atoms with Crippen LogP contribution in [0.15, 0.2) is 12.2 Å². The number of carbonyl (C=O) groups excluding carboxylic acids is 2. The van der Waals surface area contributed by atoms with E-state index >= 15 is 0 Å². The molecule has 0 saturated heterocycles. The van der Waals surface area contributed by atoms with Gasteiger partial charge in [0.05, 0.1) is 27.7 Å². The fourth-order valence-corrected chi connectivity index (χ4v) is 9.44. The molecule has 0 aliphatic rings. The van der Waals surface area contributed by atoms with E-state index in [0.717, 1.165) is 32.1 Å². The molecule has 0 saturated carbocycles. The first-order chi connectivity index (χ1) is 33.0. The number of hydrogen-bond acceptors (Lipinski definition) is 8. The molecule has 404 valence electrons. The molecular weight excluding hydrogens is 870 g/mol. The Morgan fingerprint density at radius 1 is 0.441 bits per heavy atom. The molecule has 0 N–H and O–H groups in total. The van der Waals surface area contributed by atoms with Crippen molar-refractivity contribution in [2.24, 2.45) is 0 Å². The van der Waals surface area contributed by atoms with Crippen molar-refractivity contribution >= 4 is 19.8 Å². The first-order valence-corrected chi connectivity index (χ1v) is 30.9. The Morgan fingerprint density at radius 2 is 0.750 bits per heavy atom. The van der Waals surface area contributed by atoms with E-state index in [1.165, 1.54) is 231 Å². The highest BCUT2D eigenvalue weighted by molar-refractivity contribution is 7.45. The smallest absolute Gasteiger partial charge is 0.306 e. The van der Waals surface area contributed by atoms with Gasteiger partial charge in [-0.25, -0.2) is 0 Å². The van der Waals surface area contributed by atoms with Gasteiger partial charge in [0.1, 0.15) is 19.8 Å². The Morgan fingerprint density at radius 3 is 1.09 bits per heavy atom. The number of allylic oxidation sites excluding steroid dienone is 2. The van der Waals surface area contributed by atoms with Gasteiger partial charge in [-0.3, -0.25) is 14.2 Å². The summed E-state index contributed by atoms with van der Waals surface area (Å²) in [6.07, 6.45) is 58.3. The maximum absolute atomic E-state index is 12.8. The number of hydrogen-bond donors (Lipinski definition) is 0. The molecule has 0 aromatic carbocycles. The van der Waals surface area contributed by atoms with E-state index in [0.29, 0.717) is 17.4 Å². The molecule has 0 amide bonds. The van der Waals surface area contributed by atoms with Crippen LogP contribution in [0.5, 0.6) is 0 Å². The van der Waals surface area contributed by atoms with Crippen LogP contribution >= 0.6 is 7.82 Å². The minimum absolute atomic E-state index is 0.0267. The van der Waals surface area contributed by atoms with E-state index in [2.05, 4.69) is 26.0 Å². The van der Waals surface area contributed by atoms with Crippen molar-refractivity contribution in [2.75, 3.05) is 47.5 Å². The molecule has 10 heteroatoms. The number of esters is 2. The lowest BCUT2D eigenvalue weighted by Gasteiger charge is -2.28. The maximum Gasteiger partial charge on any atom is 0.306 e. The summed E-state index contributed by atoms with van der Waals surface area (Å²) in [4.78, 5) is 37.9. The van der Waals surface area contributed by atoms with E-state index in [1.54, 1.807) is 0 Å². The molecule has 68 heavy (non-hydrogen) atoms. The van der Waals surface area contributed by atoms with Gasteiger partial charge < -0.3 is 27.9 Å². The molecule has 0 heterocycles. The lowest BCUT2D eigenvalue weighted by molar-refractivity contribution is -0.870. The van der Waals surface area contributed by atoms with Crippen LogP contribution in [-0.2, 0) is 32.7 Å². The molecule has 0 radical (unpaired) electrons. The van der Waals surface area contributed by atoms with Gasteiger partial charge in [-0.15, -0.1) is 0 Å². The molecule has 0 aromatic heterocycles. The molecule has 0 fully saturated rings. The van der Waals surface area contributed by atoms with Crippen molar-refractivity contribution in [3.8, 4) is 0 Å². The number of quaternary nitrogens is 1. The number of likely N-dealkylation sites (N-methyl/N-ethyl adjacent to an activating group) is 1. The summed E-state index contributed by atoms with van der Waals surface area (Å²) in [7, 11) is 1.19. The second-order valence-electron chi connectivity index (χ2n) is 21.4. The zero-order chi connectivity index (χ0) is 49.9. The Labute approximate surface area is 422 Å². The summed E-state index contributed by atoms with van der Waals surface area (Å²) < 4.78 is 34.2. The minimum Gasteiger partial charge on any atom is -0.756 e. The normalized spacial score (nSPS) is 13.3. The number of phosphoric acid groups is 1. The van der Waals surface area contributed by atoms with Gasteiger partial charge >= 0.3 is 11.9 Å². The zero-order valence-corrected chi connectivity index (χ0v) is 46.7.